The molecule has 0 amide bonds. The fraction of sp³-hybridized carbons (Fsp3) is 0.467. The Morgan fingerprint density at radius 3 is 2.90 bits per heavy atom. The summed E-state index contributed by atoms with van der Waals surface area (Å²) in [7, 11) is 0. The van der Waals surface area contributed by atoms with E-state index in [1.54, 1.807) is 17.1 Å². The lowest BCUT2D eigenvalue weighted by atomic mass is 10.1. The number of aromatic nitrogens is 3. The van der Waals surface area contributed by atoms with Gasteiger partial charge in [0.1, 0.15) is 0 Å². The summed E-state index contributed by atoms with van der Waals surface area (Å²) in [4.78, 5) is 2.27. The minimum atomic E-state index is -0.382. The average Bonchev–Trinajstić information content (AvgIpc) is 3.10. The fourth-order valence-electron chi connectivity index (χ4n) is 2.88. The number of β-amino-alcohol motifs (C(OH)–C–C–N with tert-alkyl or cyclic N) is 1. The van der Waals surface area contributed by atoms with Crippen LogP contribution in [0.15, 0.2) is 36.7 Å². The second-order valence-corrected chi connectivity index (χ2v) is 5.88. The molecule has 0 spiro atoms. The zero-order valence-corrected chi connectivity index (χ0v) is 12.5. The minimum Gasteiger partial charge on any atom is -0.390 e. The smallest absolute Gasteiger partial charge is 0.0934 e. The number of likely N-dealkylation sites (tertiary alicyclic amines) is 1. The summed E-state index contributed by atoms with van der Waals surface area (Å²) in [5.74, 6) is 0. The second-order valence-electron chi connectivity index (χ2n) is 5.47. The highest BCUT2D eigenvalue weighted by Crippen LogP contribution is 2.22. The molecular formula is C15H19ClN4O. The van der Waals surface area contributed by atoms with Crippen molar-refractivity contribution in [2.75, 3.05) is 19.6 Å². The topological polar surface area (TPSA) is 54.2 Å². The number of hydrogen-bond acceptors (Lipinski definition) is 4. The molecular weight excluding hydrogens is 288 g/mol. The largest absolute Gasteiger partial charge is 0.390 e. The van der Waals surface area contributed by atoms with E-state index in [4.69, 9.17) is 11.6 Å². The number of rotatable bonds is 5. The second kappa shape index (κ2) is 6.56. The molecule has 0 unspecified atom stereocenters. The van der Waals surface area contributed by atoms with Gasteiger partial charge in [-0.05, 0) is 31.0 Å². The molecule has 1 aliphatic rings. The van der Waals surface area contributed by atoms with Crippen LogP contribution < -0.4 is 0 Å². The Balaban J connectivity index is 1.50. The van der Waals surface area contributed by atoms with Gasteiger partial charge in [0.15, 0.2) is 0 Å². The zero-order valence-electron chi connectivity index (χ0n) is 11.8. The van der Waals surface area contributed by atoms with Gasteiger partial charge in [0.2, 0.25) is 0 Å². The Hall–Kier alpha value is -1.43. The van der Waals surface area contributed by atoms with E-state index in [2.05, 4.69) is 21.3 Å². The average molecular weight is 307 g/mol. The van der Waals surface area contributed by atoms with E-state index < -0.39 is 0 Å². The predicted octanol–water partition coefficient (Wildman–Crippen LogP) is 1.78. The van der Waals surface area contributed by atoms with E-state index in [0.29, 0.717) is 6.54 Å². The summed E-state index contributed by atoms with van der Waals surface area (Å²) in [5.41, 5.74) is 1.19. The van der Waals surface area contributed by atoms with Crippen LogP contribution in [0, 0.1) is 0 Å². The summed E-state index contributed by atoms with van der Waals surface area (Å²) in [6.45, 7) is 2.45. The van der Waals surface area contributed by atoms with Gasteiger partial charge >= 0.3 is 0 Å². The molecule has 1 aromatic carbocycles. The van der Waals surface area contributed by atoms with E-state index in [1.807, 2.05) is 18.2 Å². The molecule has 21 heavy (non-hydrogen) atoms. The zero-order chi connectivity index (χ0) is 14.7. The van der Waals surface area contributed by atoms with Gasteiger partial charge in [0.05, 0.1) is 18.3 Å². The molecule has 1 aromatic heterocycles. The van der Waals surface area contributed by atoms with Crippen molar-refractivity contribution in [1.82, 2.24) is 19.9 Å². The number of halogens is 1. The Kier molecular flexibility index (Phi) is 4.53. The van der Waals surface area contributed by atoms with Crippen LogP contribution in [-0.2, 0) is 6.42 Å². The van der Waals surface area contributed by atoms with E-state index in [9.17, 15) is 5.11 Å². The fourth-order valence-corrected chi connectivity index (χ4v) is 3.11. The molecule has 1 saturated heterocycles. The van der Waals surface area contributed by atoms with Crippen LogP contribution in [0.5, 0.6) is 0 Å². The molecule has 1 fully saturated rings. The molecule has 2 heterocycles. The first kappa shape index (κ1) is 14.5. The molecule has 0 aliphatic carbocycles. The predicted molar refractivity (Wildman–Crippen MR) is 81.3 cm³/mol. The van der Waals surface area contributed by atoms with Crippen molar-refractivity contribution in [3.8, 4) is 0 Å². The van der Waals surface area contributed by atoms with E-state index in [0.717, 1.165) is 31.0 Å². The molecule has 3 rings (SSSR count). The van der Waals surface area contributed by atoms with Gasteiger partial charge in [0.25, 0.3) is 0 Å². The summed E-state index contributed by atoms with van der Waals surface area (Å²) < 4.78 is 1.75. The van der Waals surface area contributed by atoms with Gasteiger partial charge in [-0.25, -0.2) is 4.68 Å². The SMILES string of the molecule is O[C@@H]1CN(CCCc2ccccc2Cl)C[C@H]1n1ccnn1. The van der Waals surface area contributed by atoms with Crippen LogP contribution in [0.4, 0.5) is 0 Å². The van der Waals surface area contributed by atoms with E-state index in [-0.39, 0.29) is 12.1 Å². The van der Waals surface area contributed by atoms with Crippen molar-refractivity contribution in [2.24, 2.45) is 0 Å². The van der Waals surface area contributed by atoms with Crippen LogP contribution in [0.1, 0.15) is 18.0 Å². The van der Waals surface area contributed by atoms with Gasteiger partial charge in [0, 0.05) is 24.3 Å². The Labute approximate surface area is 129 Å². The summed E-state index contributed by atoms with van der Waals surface area (Å²) in [5, 5.41) is 18.8. The molecule has 1 aliphatic heterocycles. The van der Waals surface area contributed by atoms with Gasteiger partial charge in [-0.15, -0.1) is 5.10 Å². The number of benzene rings is 1. The Morgan fingerprint density at radius 2 is 2.14 bits per heavy atom. The van der Waals surface area contributed by atoms with Crippen LogP contribution >= 0.6 is 11.6 Å². The number of nitrogens with zero attached hydrogens (tertiary/aromatic N) is 4. The Bertz CT molecular complexity index is 575. The quantitative estimate of drug-likeness (QED) is 0.915. The molecule has 0 radical (unpaired) electrons. The molecule has 5 nitrogen and oxygen atoms in total. The lowest BCUT2D eigenvalue weighted by Crippen LogP contribution is -2.23. The van der Waals surface area contributed by atoms with Gasteiger partial charge < -0.3 is 5.11 Å². The maximum atomic E-state index is 10.1. The highest BCUT2D eigenvalue weighted by molar-refractivity contribution is 6.31. The van der Waals surface area contributed by atoms with Crippen molar-refractivity contribution in [3.05, 3.63) is 47.2 Å². The first-order chi connectivity index (χ1) is 10.2. The third-order valence-electron chi connectivity index (χ3n) is 3.99. The van der Waals surface area contributed by atoms with Crippen LogP contribution in [0.25, 0.3) is 0 Å². The van der Waals surface area contributed by atoms with Crippen molar-refractivity contribution < 1.29 is 5.11 Å². The third kappa shape index (κ3) is 3.43. The molecule has 1 N–H and O–H groups in total. The van der Waals surface area contributed by atoms with Crippen molar-refractivity contribution >= 4 is 11.6 Å². The number of aliphatic hydroxyl groups is 1. The van der Waals surface area contributed by atoms with E-state index >= 15 is 0 Å². The highest BCUT2D eigenvalue weighted by Gasteiger charge is 2.32. The van der Waals surface area contributed by atoms with Gasteiger partial charge in [-0.2, -0.15) is 0 Å². The van der Waals surface area contributed by atoms with Crippen molar-refractivity contribution in [2.45, 2.75) is 25.0 Å². The molecule has 2 atom stereocenters. The Morgan fingerprint density at radius 1 is 1.29 bits per heavy atom. The summed E-state index contributed by atoms with van der Waals surface area (Å²) in [6, 6.07) is 7.97. The third-order valence-corrected chi connectivity index (χ3v) is 4.36. The van der Waals surface area contributed by atoms with E-state index in [1.165, 1.54) is 5.56 Å². The normalized spacial score (nSPS) is 22.8. The molecule has 2 aromatic rings. The molecule has 112 valence electrons. The standard InChI is InChI=1S/C15H19ClN4O/c16-13-6-2-1-4-12(13)5-3-8-19-10-14(15(21)11-19)20-9-7-17-18-20/h1-2,4,6-7,9,14-15,21H,3,5,8,10-11H2/t14-,15-/m1/s1. The lowest BCUT2D eigenvalue weighted by Gasteiger charge is -2.15. The van der Waals surface area contributed by atoms with Crippen LogP contribution in [0.3, 0.4) is 0 Å². The maximum absolute atomic E-state index is 10.1. The first-order valence-corrected chi connectivity index (χ1v) is 7.61. The monoisotopic (exact) mass is 306 g/mol. The number of aliphatic hydroxyl groups excluding tert-OH is 1. The highest BCUT2D eigenvalue weighted by atomic mass is 35.5. The van der Waals surface area contributed by atoms with Crippen LogP contribution in [0.2, 0.25) is 5.02 Å². The first-order valence-electron chi connectivity index (χ1n) is 7.23. The summed E-state index contributed by atoms with van der Waals surface area (Å²) >= 11 is 6.16. The van der Waals surface area contributed by atoms with Gasteiger partial charge in [-0.1, -0.05) is 35.0 Å². The number of aryl methyl sites for hydroxylation is 1. The maximum Gasteiger partial charge on any atom is 0.0934 e. The molecule has 6 heteroatoms. The van der Waals surface area contributed by atoms with Crippen molar-refractivity contribution in [1.29, 1.82) is 0 Å². The van der Waals surface area contributed by atoms with Gasteiger partial charge in [-0.3, -0.25) is 4.90 Å². The number of hydrogen-bond donors (Lipinski definition) is 1. The van der Waals surface area contributed by atoms with Crippen LogP contribution in [-0.4, -0.2) is 50.7 Å². The molecule has 0 saturated carbocycles. The van der Waals surface area contributed by atoms with Crippen molar-refractivity contribution in [3.63, 3.8) is 0 Å². The molecule has 0 bridgehead atoms. The minimum absolute atomic E-state index is 0.00723. The summed E-state index contributed by atoms with van der Waals surface area (Å²) in [6.07, 6.45) is 5.06. The lowest BCUT2D eigenvalue weighted by molar-refractivity contribution is 0.138.